The van der Waals surface area contributed by atoms with Crippen molar-refractivity contribution < 1.29 is 4.74 Å². The van der Waals surface area contributed by atoms with Gasteiger partial charge in [0.15, 0.2) is 0 Å². The Morgan fingerprint density at radius 2 is 1.11 bits per heavy atom. The quantitative estimate of drug-likeness (QED) is 0.362. The minimum Gasteiger partial charge on any atom is -0.457 e. The van der Waals surface area contributed by atoms with E-state index in [-0.39, 0.29) is 0 Å². The Kier molecular flexibility index (Phi) is 5.11. The molecule has 4 aromatic rings. The van der Waals surface area contributed by atoms with Crippen LogP contribution >= 0.6 is 0 Å². The molecule has 138 valence electrons. The molecule has 0 spiro atoms. The first kappa shape index (κ1) is 17.9. The SMILES string of the molecule is Cc1ccc(C)c(Oc2ccc(N(c3ccccc3)c3ccccc3)cc2)c1. The van der Waals surface area contributed by atoms with E-state index in [9.17, 15) is 0 Å². The zero-order chi connectivity index (χ0) is 19.3. The molecule has 0 unspecified atom stereocenters. The summed E-state index contributed by atoms with van der Waals surface area (Å²) in [5.41, 5.74) is 5.65. The van der Waals surface area contributed by atoms with E-state index >= 15 is 0 Å². The Labute approximate surface area is 166 Å². The molecule has 0 radical (unpaired) electrons. The Morgan fingerprint density at radius 3 is 1.68 bits per heavy atom. The van der Waals surface area contributed by atoms with Crippen molar-refractivity contribution in [2.45, 2.75) is 13.8 Å². The number of hydrogen-bond donors (Lipinski definition) is 0. The van der Waals surface area contributed by atoms with Crippen LogP contribution in [-0.4, -0.2) is 0 Å². The number of benzene rings is 4. The fourth-order valence-electron chi connectivity index (χ4n) is 3.21. The van der Waals surface area contributed by atoms with Crippen molar-refractivity contribution in [2.75, 3.05) is 4.90 Å². The third-order valence-corrected chi connectivity index (χ3v) is 4.70. The fourth-order valence-corrected chi connectivity index (χ4v) is 3.21. The molecule has 28 heavy (non-hydrogen) atoms. The van der Waals surface area contributed by atoms with Crippen LogP contribution in [0.2, 0.25) is 0 Å². The van der Waals surface area contributed by atoms with Gasteiger partial charge in [0.25, 0.3) is 0 Å². The number of ether oxygens (including phenoxy) is 1. The van der Waals surface area contributed by atoms with Crippen LogP contribution in [0, 0.1) is 13.8 Å². The van der Waals surface area contributed by atoms with Gasteiger partial charge in [0.2, 0.25) is 0 Å². The fraction of sp³-hybridized carbons (Fsp3) is 0.0769. The largest absolute Gasteiger partial charge is 0.457 e. The van der Waals surface area contributed by atoms with E-state index in [1.54, 1.807) is 0 Å². The van der Waals surface area contributed by atoms with Gasteiger partial charge in [-0.3, -0.25) is 0 Å². The van der Waals surface area contributed by atoms with Crippen LogP contribution in [0.3, 0.4) is 0 Å². The van der Waals surface area contributed by atoms with E-state index in [0.29, 0.717) is 0 Å². The average Bonchev–Trinajstić information content (AvgIpc) is 2.74. The molecule has 0 aliphatic carbocycles. The highest BCUT2D eigenvalue weighted by molar-refractivity contribution is 5.76. The number of nitrogens with zero attached hydrogens (tertiary/aromatic N) is 1. The molecule has 0 aromatic heterocycles. The van der Waals surface area contributed by atoms with Crippen LogP contribution in [0.25, 0.3) is 0 Å². The molecule has 0 aliphatic heterocycles. The van der Waals surface area contributed by atoms with E-state index in [2.05, 4.69) is 97.6 Å². The van der Waals surface area contributed by atoms with Gasteiger partial charge in [0.05, 0.1) is 0 Å². The average molecular weight is 365 g/mol. The second kappa shape index (κ2) is 8.01. The van der Waals surface area contributed by atoms with Gasteiger partial charge in [-0.25, -0.2) is 0 Å². The lowest BCUT2D eigenvalue weighted by molar-refractivity contribution is 0.478. The van der Waals surface area contributed by atoms with Crippen LogP contribution in [0.4, 0.5) is 17.1 Å². The van der Waals surface area contributed by atoms with Gasteiger partial charge in [0.1, 0.15) is 11.5 Å². The summed E-state index contributed by atoms with van der Waals surface area (Å²) in [5.74, 6) is 1.73. The van der Waals surface area contributed by atoms with Gasteiger partial charge in [-0.15, -0.1) is 0 Å². The standard InChI is InChI=1S/C26H23NO/c1-20-13-14-21(2)26(19-20)28-25-17-15-24(16-18-25)27(22-9-5-3-6-10-22)23-11-7-4-8-12-23/h3-19H,1-2H3. The molecule has 4 aromatic carbocycles. The van der Waals surface area contributed by atoms with Gasteiger partial charge >= 0.3 is 0 Å². The normalized spacial score (nSPS) is 10.5. The number of hydrogen-bond acceptors (Lipinski definition) is 2. The third kappa shape index (κ3) is 3.91. The van der Waals surface area contributed by atoms with E-state index in [1.165, 1.54) is 5.56 Å². The number of aryl methyl sites for hydroxylation is 2. The predicted octanol–water partition coefficient (Wildman–Crippen LogP) is 7.57. The summed E-state index contributed by atoms with van der Waals surface area (Å²) in [4.78, 5) is 2.24. The van der Waals surface area contributed by atoms with Gasteiger partial charge in [-0.05, 0) is 79.6 Å². The van der Waals surface area contributed by atoms with Crippen molar-refractivity contribution in [2.24, 2.45) is 0 Å². The van der Waals surface area contributed by atoms with Crippen LogP contribution < -0.4 is 9.64 Å². The van der Waals surface area contributed by atoms with E-state index < -0.39 is 0 Å². The summed E-state index contributed by atoms with van der Waals surface area (Å²) in [6.07, 6.45) is 0. The summed E-state index contributed by atoms with van der Waals surface area (Å²) >= 11 is 0. The maximum atomic E-state index is 6.12. The second-order valence-electron chi connectivity index (χ2n) is 6.87. The maximum absolute atomic E-state index is 6.12. The Hall–Kier alpha value is -3.52. The molecule has 0 saturated carbocycles. The van der Waals surface area contributed by atoms with E-state index in [1.807, 2.05) is 24.3 Å². The van der Waals surface area contributed by atoms with Gasteiger partial charge in [0, 0.05) is 17.1 Å². The molecule has 0 N–H and O–H groups in total. The first-order valence-electron chi connectivity index (χ1n) is 9.46. The van der Waals surface area contributed by atoms with Crippen molar-refractivity contribution >= 4 is 17.1 Å². The topological polar surface area (TPSA) is 12.5 Å². The zero-order valence-electron chi connectivity index (χ0n) is 16.2. The van der Waals surface area contributed by atoms with Crippen molar-refractivity contribution in [3.63, 3.8) is 0 Å². The molecule has 2 heteroatoms. The monoisotopic (exact) mass is 365 g/mol. The number of anilines is 3. The molecule has 0 bridgehead atoms. The predicted molar refractivity (Wildman–Crippen MR) is 117 cm³/mol. The van der Waals surface area contributed by atoms with Crippen molar-refractivity contribution in [3.05, 3.63) is 114 Å². The molecular weight excluding hydrogens is 342 g/mol. The number of rotatable bonds is 5. The minimum atomic E-state index is 0.832. The summed E-state index contributed by atoms with van der Waals surface area (Å²) in [6, 6.07) is 35.3. The minimum absolute atomic E-state index is 0.832. The van der Waals surface area contributed by atoms with Crippen molar-refractivity contribution in [1.29, 1.82) is 0 Å². The van der Waals surface area contributed by atoms with Crippen molar-refractivity contribution in [3.8, 4) is 11.5 Å². The van der Waals surface area contributed by atoms with Crippen LogP contribution in [0.15, 0.2) is 103 Å². The first-order chi connectivity index (χ1) is 13.7. The van der Waals surface area contributed by atoms with Gasteiger partial charge < -0.3 is 9.64 Å². The molecular formula is C26H23NO. The summed E-state index contributed by atoms with van der Waals surface area (Å²) in [6.45, 7) is 4.14. The molecule has 2 nitrogen and oxygen atoms in total. The summed E-state index contributed by atoms with van der Waals surface area (Å²) in [5, 5.41) is 0. The highest BCUT2D eigenvalue weighted by Gasteiger charge is 2.12. The van der Waals surface area contributed by atoms with Crippen LogP contribution in [-0.2, 0) is 0 Å². The van der Waals surface area contributed by atoms with E-state index in [4.69, 9.17) is 4.74 Å². The lowest BCUT2D eigenvalue weighted by Gasteiger charge is -2.25. The molecule has 0 amide bonds. The van der Waals surface area contributed by atoms with E-state index in [0.717, 1.165) is 34.1 Å². The van der Waals surface area contributed by atoms with Crippen LogP contribution in [0.5, 0.6) is 11.5 Å². The molecule has 0 heterocycles. The smallest absolute Gasteiger partial charge is 0.130 e. The zero-order valence-corrected chi connectivity index (χ0v) is 16.2. The van der Waals surface area contributed by atoms with Crippen LogP contribution in [0.1, 0.15) is 11.1 Å². The van der Waals surface area contributed by atoms with Gasteiger partial charge in [-0.2, -0.15) is 0 Å². The highest BCUT2D eigenvalue weighted by Crippen LogP contribution is 2.35. The number of para-hydroxylation sites is 2. The molecule has 4 rings (SSSR count). The highest BCUT2D eigenvalue weighted by atomic mass is 16.5. The first-order valence-corrected chi connectivity index (χ1v) is 9.46. The molecule has 0 saturated heterocycles. The summed E-state index contributed by atoms with van der Waals surface area (Å²) < 4.78 is 6.12. The molecule has 0 atom stereocenters. The Balaban J connectivity index is 1.66. The second-order valence-corrected chi connectivity index (χ2v) is 6.87. The maximum Gasteiger partial charge on any atom is 0.130 e. The lowest BCUT2D eigenvalue weighted by Crippen LogP contribution is -2.09. The van der Waals surface area contributed by atoms with Gasteiger partial charge in [-0.1, -0.05) is 48.5 Å². The Morgan fingerprint density at radius 1 is 0.571 bits per heavy atom. The lowest BCUT2D eigenvalue weighted by atomic mass is 10.1. The molecule has 0 aliphatic rings. The molecule has 0 fully saturated rings. The third-order valence-electron chi connectivity index (χ3n) is 4.70. The summed E-state index contributed by atoms with van der Waals surface area (Å²) in [7, 11) is 0. The Bertz CT molecular complexity index is 1000. The van der Waals surface area contributed by atoms with Crippen molar-refractivity contribution in [1.82, 2.24) is 0 Å².